The van der Waals surface area contributed by atoms with Gasteiger partial charge in [0.1, 0.15) is 5.01 Å². The third-order valence-electron chi connectivity index (χ3n) is 3.76. The van der Waals surface area contributed by atoms with E-state index in [1.165, 1.54) is 17.8 Å². The minimum Gasteiger partial charge on any atom is -0.394 e. The Morgan fingerprint density at radius 3 is 3.20 bits per heavy atom. The van der Waals surface area contributed by atoms with E-state index in [1.807, 2.05) is 22.5 Å². The normalized spacial score (nSPS) is 20.4. The lowest BCUT2D eigenvalue weighted by Crippen LogP contribution is -2.34. The number of hydrogen-bond acceptors (Lipinski definition) is 5. The highest BCUT2D eigenvalue weighted by Gasteiger charge is 2.23. The van der Waals surface area contributed by atoms with Gasteiger partial charge in [0.2, 0.25) is 0 Å². The van der Waals surface area contributed by atoms with Crippen LogP contribution in [0.5, 0.6) is 0 Å². The molecule has 3 heterocycles. The fourth-order valence-electron chi connectivity index (χ4n) is 2.79. The second-order valence-electron chi connectivity index (χ2n) is 5.23. The van der Waals surface area contributed by atoms with Gasteiger partial charge in [0.15, 0.2) is 0 Å². The third kappa shape index (κ3) is 3.26. The van der Waals surface area contributed by atoms with E-state index in [2.05, 4.69) is 21.0 Å². The van der Waals surface area contributed by atoms with Gasteiger partial charge in [0.05, 0.1) is 25.4 Å². The van der Waals surface area contributed by atoms with Gasteiger partial charge >= 0.3 is 0 Å². The van der Waals surface area contributed by atoms with Crippen LogP contribution >= 0.6 is 11.3 Å². The molecule has 0 saturated carbocycles. The average molecular weight is 292 g/mol. The van der Waals surface area contributed by atoms with Crippen LogP contribution in [-0.2, 0) is 13.1 Å². The summed E-state index contributed by atoms with van der Waals surface area (Å²) in [5, 5.41) is 16.7. The number of likely N-dealkylation sites (tertiary alicyclic amines) is 1. The lowest BCUT2D eigenvalue weighted by atomic mass is 9.95. The maximum Gasteiger partial charge on any atom is 0.107 e. The zero-order valence-electron chi connectivity index (χ0n) is 11.5. The first-order chi connectivity index (χ1) is 9.85. The molecule has 1 aliphatic rings. The highest BCUT2D eigenvalue weighted by molar-refractivity contribution is 7.09. The SMILES string of the molecule is OCCn1ccc(C2CCCN(Cc3nccs3)C2)n1. The highest BCUT2D eigenvalue weighted by Crippen LogP contribution is 2.26. The van der Waals surface area contributed by atoms with Crippen molar-refractivity contribution in [2.75, 3.05) is 19.7 Å². The van der Waals surface area contributed by atoms with Crippen molar-refractivity contribution >= 4 is 11.3 Å². The Bertz CT molecular complexity index is 525. The number of rotatable bonds is 5. The van der Waals surface area contributed by atoms with Gasteiger partial charge in [0.25, 0.3) is 0 Å². The number of nitrogens with zero attached hydrogens (tertiary/aromatic N) is 4. The van der Waals surface area contributed by atoms with Crippen LogP contribution in [-0.4, -0.2) is 44.5 Å². The van der Waals surface area contributed by atoms with E-state index in [0.717, 1.165) is 25.3 Å². The summed E-state index contributed by atoms with van der Waals surface area (Å²) < 4.78 is 1.83. The summed E-state index contributed by atoms with van der Waals surface area (Å²) in [5.74, 6) is 0.503. The predicted molar refractivity (Wildman–Crippen MR) is 78.7 cm³/mol. The summed E-state index contributed by atoms with van der Waals surface area (Å²) in [6.45, 7) is 3.87. The van der Waals surface area contributed by atoms with Crippen molar-refractivity contribution < 1.29 is 5.11 Å². The Kier molecular flexibility index (Phi) is 4.44. The molecule has 1 atom stereocenters. The van der Waals surface area contributed by atoms with Crippen LogP contribution in [0.25, 0.3) is 0 Å². The van der Waals surface area contributed by atoms with Gasteiger partial charge in [-0.1, -0.05) is 0 Å². The fraction of sp³-hybridized carbons (Fsp3) is 0.571. The molecule has 1 saturated heterocycles. The van der Waals surface area contributed by atoms with E-state index in [9.17, 15) is 0 Å². The van der Waals surface area contributed by atoms with Crippen molar-refractivity contribution in [3.8, 4) is 0 Å². The fourth-order valence-corrected chi connectivity index (χ4v) is 3.44. The first kappa shape index (κ1) is 13.7. The van der Waals surface area contributed by atoms with E-state index in [-0.39, 0.29) is 6.61 Å². The van der Waals surface area contributed by atoms with Crippen molar-refractivity contribution in [1.82, 2.24) is 19.7 Å². The lowest BCUT2D eigenvalue weighted by Gasteiger charge is -2.31. The molecule has 2 aromatic rings. The van der Waals surface area contributed by atoms with Crippen LogP contribution in [0.15, 0.2) is 23.8 Å². The second kappa shape index (κ2) is 6.47. The summed E-state index contributed by atoms with van der Waals surface area (Å²) in [6, 6.07) is 2.09. The standard InChI is InChI=1S/C14H20N4OS/c19-8-7-18-6-3-13(16-18)12-2-1-5-17(10-12)11-14-15-4-9-20-14/h3-4,6,9,12,19H,1-2,5,7-8,10-11H2. The highest BCUT2D eigenvalue weighted by atomic mass is 32.1. The molecule has 1 aliphatic heterocycles. The number of piperidine rings is 1. The molecule has 0 aromatic carbocycles. The largest absolute Gasteiger partial charge is 0.394 e. The number of thiazole rings is 1. The molecule has 1 N–H and O–H groups in total. The number of aliphatic hydroxyl groups excluding tert-OH is 1. The van der Waals surface area contributed by atoms with Crippen LogP contribution in [0.2, 0.25) is 0 Å². The van der Waals surface area contributed by atoms with Crippen LogP contribution in [0.3, 0.4) is 0 Å². The topological polar surface area (TPSA) is 54.2 Å². The molecular weight excluding hydrogens is 272 g/mol. The van der Waals surface area contributed by atoms with Crippen molar-refractivity contribution in [3.05, 3.63) is 34.5 Å². The van der Waals surface area contributed by atoms with E-state index < -0.39 is 0 Å². The predicted octanol–water partition coefficient (Wildman–Crippen LogP) is 1.71. The van der Waals surface area contributed by atoms with E-state index in [0.29, 0.717) is 12.5 Å². The summed E-state index contributed by atoms with van der Waals surface area (Å²) in [7, 11) is 0. The zero-order valence-corrected chi connectivity index (χ0v) is 12.3. The van der Waals surface area contributed by atoms with Crippen molar-refractivity contribution in [2.24, 2.45) is 0 Å². The molecule has 20 heavy (non-hydrogen) atoms. The Morgan fingerprint density at radius 1 is 1.45 bits per heavy atom. The Balaban J connectivity index is 1.62. The van der Waals surface area contributed by atoms with Gasteiger partial charge in [-0.05, 0) is 25.5 Å². The van der Waals surface area contributed by atoms with Crippen LogP contribution in [0.4, 0.5) is 0 Å². The Morgan fingerprint density at radius 2 is 2.40 bits per heavy atom. The van der Waals surface area contributed by atoms with Gasteiger partial charge in [-0.15, -0.1) is 11.3 Å². The van der Waals surface area contributed by atoms with Gasteiger partial charge in [-0.2, -0.15) is 5.10 Å². The van der Waals surface area contributed by atoms with Gasteiger partial charge in [-0.25, -0.2) is 4.98 Å². The Hall–Kier alpha value is -1.24. The van der Waals surface area contributed by atoms with E-state index in [4.69, 9.17) is 5.11 Å². The monoisotopic (exact) mass is 292 g/mol. The zero-order chi connectivity index (χ0) is 13.8. The molecule has 0 radical (unpaired) electrons. The van der Waals surface area contributed by atoms with E-state index in [1.54, 1.807) is 11.3 Å². The van der Waals surface area contributed by atoms with Crippen LogP contribution < -0.4 is 0 Å². The molecule has 5 nitrogen and oxygen atoms in total. The Labute approximate surface area is 122 Å². The summed E-state index contributed by atoms with van der Waals surface area (Å²) in [4.78, 5) is 6.84. The van der Waals surface area contributed by atoms with Gasteiger partial charge in [-0.3, -0.25) is 9.58 Å². The number of hydrogen-bond donors (Lipinski definition) is 1. The van der Waals surface area contributed by atoms with E-state index >= 15 is 0 Å². The number of aliphatic hydroxyl groups is 1. The molecule has 108 valence electrons. The maximum absolute atomic E-state index is 8.95. The molecular formula is C14H20N4OS. The van der Waals surface area contributed by atoms with Crippen molar-refractivity contribution in [2.45, 2.75) is 31.8 Å². The molecule has 0 spiro atoms. The molecule has 3 rings (SSSR count). The second-order valence-corrected chi connectivity index (χ2v) is 6.21. The maximum atomic E-state index is 8.95. The minimum absolute atomic E-state index is 0.141. The number of aromatic nitrogens is 3. The minimum atomic E-state index is 0.141. The molecule has 0 amide bonds. The summed E-state index contributed by atoms with van der Waals surface area (Å²) in [5.41, 5.74) is 1.15. The van der Waals surface area contributed by atoms with Crippen molar-refractivity contribution in [3.63, 3.8) is 0 Å². The molecule has 2 aromatic heterocycles. The third-order valence-corrected chi connectivity index (χ3v) is 4.52. The molecule has 6 heteroatoms. The first-order valence-corrected chi connectivity index (χ1v) is 7.98. The van der Waals surface area contributed by atoms with Crippen LogP contribution in [0.1, 0.15) is 29.5 Å². The quantitative estimate of drug-likeness (QED) is 0.911. The molecule has 0 aliphatic carbocycles. The summed E-state index contributed by atoms with van der Waals surface area (Å²) in [6.07, 6.45) is 6.25. The van der Waals surface area contributed by atoms with Crippen molar-refractivity contribution in [1.29, 1.82) is 0 Å². The first-order valence-electron chi connectivity index (χ1n) is 7.10. The molecule has 1 fully saturated rings. The lowest BCUT2D eigenvalue weighted by molar-refractivity contribution is 0.197. The summed E-state index contributed by atoms with van der Waals surface area (Å²) >= 11 is 1.72. The average Bonchev–Trinajstić information content (AvgIpc) is 3.11. The smallest absolute Gasteiger partial charge is 0.107 e. The molecule has 1 unspecified atom stereocenters. The molecule has 0 bridgehead atoms. The van der Waals surface area contributed by atoms with Crippen LogP contribution in [0, 0.1) is 0 Å². The van der Waals surface area contributed by atoms with Gasteiger partial charge < -0.3 is 5.11 Å². The van der Waals surface area contributed by atoms with Gasteiger partial charge in [0, 0.05) is 30.2 Å².